The number of nitrogen functional groups attached to an aromatic ring is 1. The number of nitrogens with two attached hydrogens (primary N) is 2. The second kappa shape index (κ2) is 9.24. The fourth-order valence-corrected chi connectivity index (χ4v) is 4.99. The quantitative estimate of drug-likeness (QED) is 0.349. The number of fused-ring (bicyclic) bond motifs is 1. The van der Waals surface area contributed by atoms with Crippen LogP contribution >= 0.6 is 11.3 Å². The van der Waals surface area contributed by atoms with E-state index in [9.17, 15) is 28.2 Å². The van der Waals surface area contributed by atoms with Crippen molar-refractivity contribution in [1.29, 1.82) is 0 Å². The van der Waals surface area contributed by atoms with Crippen molar-refractivity contribution in [3.63, 3.8) is 0 Å². The highest BCUT2D eigenvalue weighted by molar-refractivity contribution is 7.21. The summed E-state index contributed by atoms with van der Waals surface area (Å²) in [6.45, 7) is 1.15. The van der Waals surface area contributed by atoms with E-state index in [0.717, 1.165) is 17.4 Å². The maximum Gasteiger partial charge on any atom is 0.417 e. The van der Waals surface area contributed by atoms with Crippen molar-refractivity contribution < 1.29 is 28.2 Å². The van der Waals surface area contributed by atoms with Crippen molar-refractivity contribution in [3.05, 3.63) is 40.4 Å². The van der Waals surface area contributed by atoms with Gasteiger partial charge in [0, 0.05) is 43.3 Å². The number of hydrogen-bond acceptors (Lipinski definition) is 9. The molecule has 3 aromatic rings. The summed E-state index contributed by atoms with van der Waals surface area (Å²) >= 11 is 0.752. The number of piperidine rings is 1. The average molecular weight is 497 g/mol. The highest BCUT2D eigenvalue weighted by atomic mass is 32.1. The number of thiophene rings is 1. The standard InChI is InChI=1S/C21H23F3N6O3S/c22-21(23,24)12-8-14(29-20-16(12)17(25)18(34-20)19(26)33)30-5-2-11(3-6-30)28-9-13(31)10-1-4-27-15(32)7-10/h1,4,7-8,11,13,28,31H,2-3,5-6,9,25H2,(H2,26,33)(H,27,32). The number of halogens is 3. The Bertz CT molecular complexity index is 1210. The Morgan fingerprint density at radius 1 is 1.32 bits per heavy atom. The molecule has 0 aromatic carbocycles. The van der Waals surface area contributed by atoms with Crippen LogP contribution in [0.3, 0.4) is 0 Å². The van der Waals surface area contributed by atoms with E-state index in [4.69, 9.17) is 11.5 Å². The second-order valence-electron chi connectivity index (χ2n) is 8.05. The molecule has 3 aromatic heterocycles. The number of pyridine rings is 2. The van der Waals surface area contributed by atoms with Gasteiger partial charge in [0.25, 0.3) is 5.91 Å². The van der Waals surface area contributed by atoms with Gasteiger partial charge in [-0.25, -0.2) is 9.97 Å². The molecule has 4 heterocycles. The summed E-state index contributed by atoms with van der Waals surface area (Å²) in [5, 5.41) is 22.7. The molecule has 9 nitrogen and oxygen atoms in total. The molecule has 1 saturated heterocycles. The molecule has 1 fully saturated rings. The van der Waals surface area contributed by atoms with Crippen LogP contribution in [0.1, 0.15) is 39.7 Å². The molecular formula is C21H23F3N6O3S. The maximum atomic E-state index is 13.8. The van der Waals surface area contributed by atoms with Gasteiger partial charge in [-0.15, -0.1) is 11.3 Å². The average Bonchev–Trinajstić information content (AvgIpc) is 3.13. The summed E-state index contributed by atoms with van der Waals surface area (Å²) in [5.41, 5.74) is 10.3. The summed E-state index contributed by atoms with van der Waals surface area (Å²) in [4.78, 5) is 21.2. The van der Waals surface area contributed by atoms with Crippen molar-refractivity contribution >= 4 is 39.0 Å². The zero-order valence-corrected chi connectivity index (χ0v) is 18.7. The number of amides is 1. The first-order valence-corrected chi connectivity index (χ1v) is 11.3. The Labute approximate surface area is 196 Å². The minimum absolute atomic E-state index is 0.0140. The number of carbonyl (C=O) groups is 1. The van der Waals surface area contributed by atoms with Crippen LogP contribution in [0.15, 0.2) is 24.4 Å². The Kier molecular flexibility index (Phi) is 6.51. The van der Waals surface area contributed by atoms with Crippen molar-refractivity contribution in [3.8, 4) is 5.88 Å². The summed E-state index contributed by atoms with van der Waals surface area (Å²) in [6.07, 6.45) is -2.88. The summed E-state index contributed by atoms with van der Waals surface area (Å²) < 4.78 is 41.4. The number of primary amides is 1. The van der Waals surface area contributed by atoms with E-state index in [1.165, 1.54) is 12.3 Å². The van der Waals surface area contributed by atoms with Crippen LogP contribution in [-0.4, -0.2) is 51.8 Å². The van der Waals surface area contributed by atoms with Gasteiger partial charge in [0.05, 0.1) is 17.4 Å². The summed E-state index contributed by atoms with van der Waals surface area (Å²) in [6, 6.07) is 4.00. The highest BCUT2D eigenvalue weighted by Crippen LogP contribution is 2.43. The minimum atomic E-state index is -4.68. The molecule has 0 bridgehead atoms. The van der Waals surface area contributed by atoms with Gasteiger partial charge in [0.15, 0.2) is 0 Å². The lowest BCUT2D eigenvalue weighted by atomic mass is 10.0. The number of aliphatic hydroxyl groups excluding tert-OH is 1. The zero-order chi connectivity index (χ0) is 24.6. The number of carbonyl (C=O) groups excluding carboxylic acids is 1. The molecule has 1 amide bonds. The van der Waals surface area contributed by atoms with Gasteiger partial charge in [0.2, 0.25) is 5.88 Å². The van der Waals surface area contributed by atoms with Crippen molar-refractivity contribution in [2.45, 2.75) is 31.2 Å². The van der Waals surface area contributed by atoms with Gasteiger partial charge in [0.1, 0.15) is 15.5 Å². The predicted octanol–water partition coefficient (Wildman–Crippen LogP) is 2.39. The number of alkyl halides is 3. The van der Waals surface area contributed by atoms with Gasteiger partial charge in [-0.1, -0.05) is 0 Å². The highest BCUT2D eigenvalue weighted by Gasteiger charge is 2.37. The van der Waals surface area contributed by atoms with Crippen LogP contribution in [0.5, 0.6) is 5.88 Å². The monoisotopic (exact) mass is 496 g/mol. The molecule has 1 aliphatic rings. The molecule has 0 spiro atoms. The van der Waals surface area contributed by atoms with Crippen molar-refractivity contribution in [2.24, 2.45) is 5.73 Å². The number of hydrogen-bond donors (Lipinski definition) is 5. The number of aliphatic hydroxyl groups is 1. The van der Waals surface area contributed by atoms with E-state index < -0.39 is 23.8 Å². The van der Waals surface area contributed by atoms with E-state index in [2.05, 4.69) is 15.3 Å². The van der Waals surface area contributed by atoms with E-state index >= 15 is 0 Å². The molecule has 0 radical (unpaired) electrons. The third-order valence-corrected chi connectivity index (χ3v) is 6.90. The Hall–Kier alpha value is -3.16. The Balaban J connectivity index is 1.47. The summed E-state index contributed by atoms with van der Waals surface area (Å²) in [7, 11) is 0. The number of nitrogens with zero attached hydrogens (tertiary/aromatic N) is 3. The lowest BCUT2D eigenvalue weighted by molar-refractivity contribution is -0.136. The Morgan fingerprint density at radius 3 is 2.65 bits per heavy atom. The molecule has 0 saturated carbocycles. The topological polar surface area (TPSA) is 151 Å². The lowest BCUT2D eigenvalue weighted by Gasteiger charge is -2.34. The number of nitrogens with one attached hydrogen (secondary N) is 1. The van der Waals surface area contributed by atoms with Gasteiger partial charge in [-0.05, 0) is 30.5 Å². The van der Waals surface area contributed by atoms with E-state index in [1.54, 1.807) is 11.0 Å². The number of aromatic hydroxyl groups is 1. The molecule has 4 rings (SSSR count). The number of aromatic nitrogens is 2. The van der Waals surface area contributed by atoms with E-state index in [0.29, 0.717) is 31.5 Å². The Morgan fingerprint density at radius 2 is 2.03 bits per heavy atom. The molecular weight excluding hydrogens is 473 g/mol. The first-order valence-electron chi connectivity index (χ1n) is 10.5. The molecule has 34 heavy (non-hydrogen) atoms. The van der Waals surface area contributed by atoms with Gasteiger partial charge >= 0.3 is 6.18 Å². The smallest absolute Gasteiger partial charge is 0.417 e. The van der Waals surface area contributed by atoms with Crippen molar-refractivity contribution in [2.75, 3.05) is 30.3 Å². The molecule has 1 unspecified atom stereocenters. The maximum absolute atomic E-state index is 13.8. The van der Waals surface area contributed by atoms with Crippen LogP contribution in [0.25, 0.3) is 10.2 Å². The molecule has 1 aliphatic heterocycles. The summed E-state index contributed by atoms with van der Waals surface area (Å²) in [5.74, 6) is -0.919. The minimum Gasteiger partial charge on any atom is -0.493 e. The van der Waals surface area contributed by atoms with Crippen LogP contribution in [0.2, 0.25) is 0 Å². The van der Waals surface area contributed by atoms with Gasteiger partial charge in [-0.2, -0.15) is 13.2 Å². The normalized spacial score (nSPS) is 16.2. The van der Waals surface area contributed by atoms with Crippen LogP contribution in [-0.2, 0) is 6.18 Å². The molecule has 1 atom stereocenters. The number of rotatable bonds is 6. The van der Waals surface area contributed by atoms with Crippen LogP contribution < -0.4 is 21.7 Å². The van der Waals surface area contributed by atoms with Crippen LogP contribution in [0, 0.1) is 0 Å². The zero-order valence-electron chi connectivity index (χ0n) is 17.8. The lowest BCUT2D eigenvalue weighted by Crippen LogP contribution is -2.44. The largest absolute Gasteiger partial charge is 0.493 e. The first kappa shape index (κ1) is 24.0. The van der Waals surface area contributed by atoms with Gasteiger partial charge < -0.3 is 31.9 Å². The fraction of sp³-hybridized carbons (Fsp3) is 0.381. The molecule has 7 N–H and O–H groups in total. The first-order chi connectivity index (χ1) is 16.0. The third-order valence-electron chi connectivity index (χ3n) is 5.79. The van der Waals surface area contributed by atoms with E-state index in [-0.39, 0.29) is 45.1 Å². The predicted molar refractivity (Wildman–Crippen MR) is 122 cm³/mol. The number of anilines is 2. The molecule has 182 valence electrons. The van der Waals surface area contributed by atoms with Gasteiger partial charge in [-0.3, -0.25) is 4.79 Å². The SMILES string of the molecule is NC(=O)c1sc2nc(N3CCC(NCC(O)c4ccnc(O)c4)CC3)cc(C(F)(F)F)c2c1N. The third kappa shape index (κ3) is 4.86. The molecule has 0 aliphatic carbocycles. The fourth-order valence-electron chi connectivity index (χ4n) is 4.03. The second-order valence-corrected chi connectivity index (χ2v) is 9.05. The molecule has 13 heteroatoms. The van der Waals surface area contributed by atoms with Crippen LogP contribution in [0.4, 0.5) is 24.7 Å². The van der Waals surface area contributed by atoms with Crippen molar-refractivity contribution in [1.82, 2.24) is 15.3 Å². The van der Waals surface area contributed by atoms with E-state index in [1.807, 2.05) is 0 Å².